The molecule has 0 amide bonds. The molecule has 2 heterocycles. The van der Waals surface area contributed by atoms with E-state index in [1.165, 1.54) is 6.33 Å². The zero-order valence-electron chi connectivity index (χ0n) is 11.7. The maximum atomic E-state index is 11.4. The summed E-state index contributed by atoms with van der Waals surface area (Å²) in [6.07, 6.45) is 3.15. The van der Waals surface area contributed by atoms with E-state index in [0.29, 0.717) is 22.4 Å². The molecule has 0 spiro atoms. The van der Waals surface area contributed by atoms with Gasteiger partial charge in [-0.3, -0.25) is 0 Å². The lowest BCUT2D eigenvalue weighted by Crippen LogP contribution is -2.02. The fraction of sp³-hybridized carbons (Fsp3) is 0.200. The topological polar surface area (TPSA) is 80.9 Å². The number of benzene rings is 1. The monoisotopic (exact) mass is 282 g/mol. The summed E-state index contributed by atoms with van der Waals surface area (Å²) < 4.78 is 1.93. The summed E-state index contributed by atoms with van der Waals surface area (Å²) in [7, 11) is 0. The van der Waals surface area contributed by atoms with Gasteiger partial charge in [-0.1, -0.05) is 18.2 Å². The van der Waals surface area contributed by atoms with E-state index in [2.05, 4.69) is 15.0 Å². The van der Waals surface area contributed by atoms with Crippen LogP contribution in [-0.4, -0.2) is 30.6 Å². The van der Waals surface area contributed by atoms with E-state index >= 15 is 0 Å². The molecule has 0 saturated carbocycles. The van der Waals surface area contributed by atoms with Gasteiger partial charge in [-0.05, 0) is 19.9 Å². The van der Waals surface area contributed by atoms with Gasteiger partial charge in [0.2, 0.25) is 0 Å². The fourth-order valence-electron chi connectivity index (χ4n) is 2.30. The van der Waals surface area contributed by atoms with E-state index in [9.17, 15) is 9.90 Å². The standard InChI is InChI=1S/C15H14N4O2/c1-9(2)19-8-18-13-12(16-7-17-14(13)19)10-5-3-4-6-11(10)15(20)21/h3-9H,1-2H3,(H,20,21). The molecule has 106 valence electrons. The van der Waals surface area contributed by atoms with Gasteiger partial charge in [0.1, 0.15) is 17.5 Å². The third-order valence-corrected chi connectivity index (χ3v) is 3.33. The van der Waals surface area contributed by atoms with Crippen molar-refractivity contribution in [3.8, 4) is 11.3 Å². The van der Waals surface area contributed by atoms with E-state index in [-0.39, 0.29) is 11.6 Å². The lowest BCUT2D eigenvalue weighted by Gasteiger charge is -2.08. The van der Waals surface area contributed by atoms with Crippen LogP contribution in [0.4, 0.5) is 0 Å². The Kier molecular flexibility index (Phi) is 3.13. The molecule has 3 rings (SSSR count). The second-order valence-electron chi connectivity index (χ2n) is 4.99. The highest BCUT2D eigenvalue weighted by molar-refractivity contribution is 5.99. The Morgan fingerprint density at radius 1 is 1.19 bits per heavy atom. The molecule has 1 aromatic carbocycles. The highest BCUT2D eigenvalue weighted by Gasteiger charge is 2.17. The van der Waals surface area contributed by atoms with Crippen LogP contribution in [0.1, 0.15) is 30.2 Å². The Hall–Kier alpha value is -2.76. The lowest BCUT2D eigenvalue weighted by molar-refractivity contribution is 0.0697. The second-order valence-corrected chi connectivity index (χ2v) is 4.99. The molecule has 0 aliphatic carbocycles. The zero-order chi connectivity index (χ0) is 15.0. The van der Waals surface area contributed by atoms with E-state index in [1.807, 2.05) is 18.4 Å². The van der Waals surface area contributed by atoms with E-state index in [4.69, 9.17) is 0 Å². The van der Waals surface area contributed by atoms with E-state index < -0.39 is 5.97 Å². The van der Waals surface area contributed by atoms with Gasteiger partial charge in [-0.2, -0.15) is 0 Å². The minimum absolute atomic E-state index is 0.205. The largest absolute Gasteiger partial charge is 0.478 e. The summed E-state index contributed by atoms with van der Waals surface area (Å²) in [6, 6.07) is 6.99. The van der Waals surface area contributed by atoms with Crippen LogP contribution < -0.4 is 0 Å². The number of hydrogen-bond donors (Lipinski definition) is 1. The Labute approximate surface area is 121 Å². The molecule has 21 heavy (non-hydrogen) atoms. The average molecular weight is 282 g/mol. The van der Waals surface area contributed by atoms with Crippen LogP contribution in [0.2, 0.25) is 0 Å². The van der Waals surface area contributed by atoms with Crippen molar-refractivity contribution in [3.63, 3.8) is 0 Å². The van der Waals surface area contributed by atoms with Gasteiger partial charge in [-0.15, -0.1) is 0 Å². The predicted molar refractivity (Wildman–Crippen MR) is 78.1 cm³/mol. The number of hydrogen-bond acceptors (Lipinski definition) is 4. The molecule has 0 bridgehead atoms. The first kappa shape index (κ1) is 13.2. The first-order valence-corrected chi connectivity index (χ1v) is 6.60. The number of imidazole rings is 1. The van der Waals surface area contributed by atoms with Crippen molar-refractivity contribution in [1.82, 2.24) is 19.5 Å². The zero-order valence-corrected chi connectivity index (χ0v) is 11.7. The minimum Gasteiger partial charge on any atom is -0.478 e. The third kappa shape index (κ3) is 2.14. The number of rotatable bonds is 3. The van der Waals surface area contributed by atoms with Crippen LogP contribution in [0.3, 0.4) is 0 Å². The summed E-state index contributed by atoms with van der Waals surface area (Å²) in [6.45, 7) is 4.07. The van der Waals surface area contributed by atoms with Crippen molar-refractivity contribution in [2.24, 2.45) is 0 Å². The van der Waals surface area contributed by atoms with Crippen LogP contribution in [0.5, 0.6) is 0 Å². The van der Waals surface area contributed by atoms with Crippen LogP contribution in [0, 0.1) is 0 Å². The minimum atomic E-state index is -0.986. The normalized spacial score (nSPS) is 11.2. The molecule has 0 aliphatic heterocycles. The van der Waals surface area contributed by atoms with Crippen LogP contribution >= 0.6 is 0 Å². The maximum Gasteiger partial charge on any atom is 0.336 e. The lowest BCUT2D eigenvalue weighted by atomic mass is 10.0. The van der Waals surface area contributed by atoms with Crippen molar-refractivity contribution in [2.45, 2.75) is 19.9 Å². The second kappa shape index (κ2) is 4.97. The van der Waals surface area contributed by atoms with Crippen LogP contribution in [-0.2, 0) is 0 Å². The molecule has 1 N–H and O–H groups in total. The molecule has 0 atom stereocenters. The number of carbonyl (C=O) groups is 1. The molecule has 0 radical (unpaired) electrons. The van der Waals surface area contributed by atoms with Crippen molar-refractivity contribution in [2.75, 3.05) is 0 Å². The number of aromatic nitrogens is 4. The molecule has 0 unspecified atom stereocenters. The molecule has 0 aliphatic rings. The van der Waals surface area contributed by atoms with Crippen molar-refractivity contribution in [3.05, 3.63) is 42.5 Å². The van der Waals surface area contributed by atoms with Gasteiger partial charge in [0, 0.05) is 11.6 Å². The highest BCUT2D eigenvalue weighted by atomic mass is 16.4. The van der Waals surface area contributed by atoms with Crippen molar-refractivity contribution < 1.29 is 9.90 Å². The number of aromatic carboxylic acids is 1. The first-order chi connectivity index (χ1) is 10.1. The highest BCUT2D eigenvalue weighted by Crippen LogP contribution is 2.28. The molecule has 0 saturated heterocycles. The molecule has 2 aromatic heterocycles. The van der Waals surface area contributed by atoms with E-state index in [0.717, 1.165) is 0 Å². The summed E-state index contributed by atoms with van der Waals surface area (Å²) in [5.41, 5.74) is 2.61. The van der Waals surface area contributed by atoms with Gasteiger partial charge in [-0.25, -0.2) is 19.7 Å². The molecular weight excluding hydrogens is 268 g/mol. The Balaban J connectivity index is 2.29. The van der Waals surface area contributed by atoms with Gasteiger partial charge >= 0.3 is 5.97 Å². The number of fused-ring (bicyclic) bond motifs is 1. The molecular formula is C15H14N4O2. The van der Waals surface area contributed by atoms with Gasteiger partial charge in [0.05, 0.1) is 11.9 Å². The number of nitrogens with zero attached hydrogens (tertiary/aromatic N) is 4. The maximum absolute atomic E-state index is 11.4. The Morgan fingerprint density at radius 2 is 1.95 bits per heavy atom. The average Bonchev–Trinajstić information content (AvgIpc) is 2.91. The van der Waals surface area contributed by atoms with Crippen molar-refractivity contribution >= 4 is 17.1 Å². The Bertz CT molecular complexity index is 823. The van der Waals surface area contributed by atoms with Gasteiger partial charge in [0.15, 0.2) is 5.65 Å². The van der Waals surface area contributed by atoms with Crippen LogP contribution in [0.25, 0.3) is 22.4 Å². The molecule has 3 aromatic rings. The quantitative estimate of drug-likeness (QED) is 0.798. The summed E-state index contributed by atoms with van der Waals surface area (Å²) in [5, 5.41) is 9.32. The van der Waals surface area contributed by atoms with E-state index in [1.54, 1.807) is 30.6 Å². The summed E-state index contributed by atoms with van der Waals surface area (Å²) in [4.78, 5) is 24.2. The van der Waals surface area contributed by atoms with Gasteiger partial charge < -0.3 is 9.67 Å². The SMILES string of the molecule is CC(C)n1cnc2c(-c3ccccc3C(=O)O)ncnc21. The number of carboxylic acid groups (broad SMARTS) is 1. The van der Waals surface area contributed by atoms with Crippen molar-refractivity contribution in [1.29, 1.82) is 0 Å². The number of carboxylic acids is 1. The Morgan fingerprint density at radius 3 is 2.67 bits per heavy atom. The summed E-state index contributed by atoms with van der Waals surface area (Å²) in [5.74, 6) is -0.986. The smallest absolute Gasteiger partial charge is 0.336 e. The fourth-order valence-corrected chi connectivity index (χ4v) is 2.30. The molecule has 6 nitrogen and oxygen atoms in total. The van der Waals surface area contributed by atoms with Crippen LogP contribution in [0.15, 0.2) is 36.9 Å². The summed E-state index contributed by atoms with van der Waals surface area (Å²) >= 11 is 0. The van der Waals surface area contributed by atoms with Gasteiger partial charge in [0.25, 0.3) is 0 Å². The third-order valence-electron chi connectivity index (χ3n) is 3.33. The first-order valence-electron chi connectivity index (χ1n) is 6.60. The molecule has 0 fully saturated rings. The predicted octanol–water partition coefficient (Wildman–Crippen LogP) is 2.77. The molecule has 6 heteroatoms.